The van der Waals surface area contributed by atoms with Gasteiger partial charge in [0.25, 0.3) is 0 Å². The standard InChI is InChI=1S/C15H18N4OS2/c1-3-8-16-14-18-19-15(22-14)21-10-13(20)17-9-12-7-5-4-6-11(12)2/h3-7H,1,8-10H2,2H3,(H,16,18)(H,17,20). The van der Waals surface area contributed by atoms with Crippen LogP contribution in [0.1, 0.15) is 11.1 Å². The first-order valence-corrected chi connectivity index (χ1v) is 8.61. The number of amides is 1. The van der Waals surface area contributed by atoms with Crippen LogP contribution < -0.4 is 10.6 Å². The van der Waals surface area contributed by atoms with Gasteiger partial charge in [0, 0.05) is 13.1 Å². The summed E-state index contributed by atoms with van der Waals surface area (Å²) in [5.74, 6) is 0.325. The fraction of sp³-hybridized carbons (Fsp3) is 0.267. The molecule has 0 saturated carbocycles. The van der Waals surface area contributed by atoms with Gasteiger partial charge in [-0.15, -0.1) is 16.8 Å². The van der Waals surface area contributed by atoms with Crippen LogP contribution in [0.4, 0.5) is 5.13 Å². The molecule has 1 aromatic carbocycles. The molecule has 1 amide bonds. The second kappa shape index (κ2) is 8.55. The fourth-order valence-corrected chi connectivity index (χ4v) is 3.27. The molecule has 1 aromatic heterocycles. The highest BCUT2D eigenvalue weighted by Crippen LogP contribution is 2.25. The zero-order valence-electron chi connectivity index (χ0n) is 12.3. The Balaban J connectivity index is 1.74. The average molecular weight is 334 g/mol. The topological polar surface area (TPSA) is 66.9 Å². The van der Waals surface area contributed by atoms with Crippen molar-refractivity contribution >= 4 is 34.1 Å². The molecular weight excluding hydrogens is 316 g/mol. The molecule has 7 heteroatoms. The van der Waals surface area contributed by atoms with E-state index in [1.165, 1.54) is 28.7 Å². The van der Waals surface area contributed by atoms with Crippen LogP contribution in [0.15, 0.2) is 41.3 Å². The zero-order chi connectivity index (χ0) is 15.8. The number of rotatable bonds is 8. The number of nitrogens with one attached hydrogen (secondary N) is 2. The van der Waals surface area contributed by atoms with E-state index in [2.05, 4.69) is 27.4 Å². The predicted octanol–water partition coefficient (Wildman–Crippen LogP) is 2.85. The molecule has 0 atom stereocenters. The van der Waals surface area contributed by atoms with Crippen LogP contribution in [0.5, 0.6) is 0 Å². The van der Waals surface area contributed by atoms with Gasteiger partial charge in [-0.2, -0.15) is 0 Å². The summed E-state index contributed by atoms with van der Waals surface area (Å²) in [5.41, 5.74) is 2.31. The van der Waals surface area contributed by atoms with Gasteiger partial charge >= 0.3 is 0 Å². The Morgan fingerprint density at radius 2 is 2.23 bits per heavy atom. The highest BCUT2D eigenvalue weighted by atomic mass is 32.2. The van der Waals surface area contributed by atoms with E-state index >= 15 is 0 Å². The molecule has 0 radical (unpaired) electrons. The first-order chi connectivity index (χ1) is 10.7. The van der Waals surface area contributed by atoms with E-state index in [1.807, 2.05) is 31.2 Å². The molecular formula is C15H18N4OS2. The van der Waals surface area contributed by atoms with Crippen LogP contribution in [0.2, 0.25) is 0 Å². The van der Waals surface area contributed by atoms with Gasteiger partial charge in [0.05, 0.1) is 5.75 Å². The summed E-state index contributed by atoms with van der Waals surface area (Å²) in [6.07, 6.45) is 1.76. The van der Waals surface area contributed by atoms with Crippen molar-refractivity contribution in [2.24, 2.45) is 0 Å². The monoisotopic (exact) mass is 334 g/mol. The van der Waals surface area contributed by atoms with Gasteiger partial charge in [0.1, 0.15) is 0 Å². The Morgan fingerprint density at radius 1 is 1.41 bits per heavy atom. The van der Waals surface area contributed by atoms with Crippen LogP contribution in [0.25, 0.3) is 0 Å². The zero-order valence-corrected chi connectivity index (χ0v) is 14.0. The molecule has 2 aromatic rings. The Bertz CT molecular complexity index is 642. The van der Waals surface area contributed by atoms with Gasteiger partial charge in [-0.05, 0) is 18.1 Å². The maximum atomic E-state index is 11.9. The lowest BCUT2D eigenvalue weighted by atomic mass is 10.1. The molecule has 0 bridgehead atoms. The minimum atomic E-state index is -0.0101. The van der Waals surface area contributed by atoms with E-state index in [0.29, 0.717) is 18.8 Å². The van der Waals surface area contributed by atoms with E-state index in [-0.39, 0.29) is 5.91 Å². The van der Waals surface area contributed by atoms with Crippen molar-refractivity contribution in [3.8, 4) is 0 Å². The molecule has 1 heterocycles. The van der Waals surface area contributed by atoms with Crippen molar-refractivity contribution in [2.75, 3.05) is 17.6 Å². The molecule has 0 aliphatic heterocycles. The lowest BCUT2D eigenvalue weighted by molar-refractivity contribution is -0.118. The largest absolute Gasteiger partial charge is 0.357 e. The highest BCUT2D eigenvalue weighted by molar-refractivity contribution is 8.01. The summed E-state index contributed by atoms with van der Waals surface area (Å²) in [6, 6.07) is 8.02. The minimum absolute atomic E-state index is 0.0101. The number of aryl methyl sites for hydroxylation is 1. The van der Waals surface area contributed by atoms with Crippen molar-refractivity contribution in [3.05, 3.63) is 48.0 Å². The number of aromatic nitrogens is 2. The summed E-state index contributed by atoms with van der Waals surface area (Å²) in [5, 5.41) is 14.7. The van der Waals surface area contributed by atoms with Crippen molar-refractivity contribution in [1.82, 2.24) is 15.5 Å². The van der Waals surface area contributed by atoms with E-state index < -0.39 is 0 Å². The van der Waals surface area contributed by atoms with Crippen LogP contribution in [-0.2, 0) is 11.3 Å². The molecule has 2 N–H and O–H groups in total. The van der Waals surface area contributed by atoms with Crippen molar-refractivity contribution in [1.29, 1.82) is 0 Å². The third-order valence-corrected chi connectivity index (χ3v) is 4.88. The number of anilines is 1. The molecule has 0 saturated heterocycles. The van der Waals surface area contributed by atoms with Crippen LogP contribution in [-0.4, -0.2) is 28.4 Å². The molecule has 0 aliphatic rings. The summed E-state index contributed by atoms with van der Waals surface area (Å²) in [7, 11) is 0. The van der Waals surface area contributed by atoms with E-state index in [9.17, 15) is 4.79 Å². The lowest BCUT2D eigenvalue weighted by Crippen LogP contribution is -2.24. The van der Waals surface area contributed by atoms with Gasteiger partial charge < -0.3 is 10.6 Å². The smallest absolute Gasteiger partial charge is 0.230 e. The first kappa shape index (κ1) is 16.5. The Labute approximate surface area is 138 Å². The molecule has 5 nitrogen and oxygen atoms in total. The number of nitrogens with zero attached hydrogens (tertiary/aromatic N) is 2. The van der Waals surface area contributed by atoms with Gasteiger partial charge in [-0.1, -0.05) is 53.4 Å². The maximum Gasteiger partial charge on any atom is 0.230 e. The highest BCUT2D eigenvalue weighted by Gasteiger charge is 2.08. The van der Waals surface area contributed by atoms with E-state index in [4.69, 9.17) is 0 Å². The molecule has 2 rings (SSSR count). The molecule has 0 aliphatic carbocycles. The van der Waals surface area contributed by atoms with Gasteiger partial charge in [-0.3, -0.25) is 4.79 Å². The Hall–Kier alpha value is -1.86. The second-order valence-electron chi connectivity index (χ2n) is 4.53. The summed E-state index contributed by atoms with van der Waals surface area (Å²) in [6.45, 7) is 6.87. The quantitative estimate of drug-likeness (QED) is 0.574. The van der Waals surface area contributed by atoms with E-state index in [1.54, 1.807) is 6.08 Å². The summed E-state index contributed by atoms with van der Waals surface area (Å²) >= 11 is 2.82. The molecule has 22 heavy (non-hydrogen) atoms. The average Bonchev–Trinajstić information content (AvgIpc) is 2.98. The molecule has 116 valence electrons. The van der Waals surface area contributed by atoms with E-state index in [0.717, 1.165) is 15.0 Å². The number of carbonyl (C=O) groups excluding carboxylic acids is 1. The van der Waals surface area contributed by atoms with Gasteiger partial charge in [0.15, 0.2) is 4.34 Å². The number of thioether (sulfide) groups is 1. The fourth-order valence-electron chi connectivity index (χ4n) is 1.68. The Morgan fingerprint density at radius 3 is 3.00 bits per heavy atom. The SMILES string of the molecule is C=CCNc1nnc(SCC(=O)NCc2ccccc2C)s1. The van der Waals surface area contributed by atoms with Crippen molar-refractivity contribution in [3.63, 3.8) is 0 Å². The summed E-state index contributed by atoms with van der Waals surface area (Å²) < 4.78 is 0.776. The van der Waals surface area contributed by atoms with Crippen LogP contribution in [0.3, 0.4) is 0 Å². The predicted molar refractivity (Wildman–Crippen MR) is 92.3 cm³/mol. The maximum absolute atomic E-state index is 11.9. The summed E-state index contributed by atoms with van der Waals surface area (Å²) in [4.78, 5) is 11.9. The number of hydrogen-bond donors (Lipinski definition) is 2. The van der Waals surface area contributed by atoms with Crippen LogP contribution in [0, 0.1) is 6.92 Å². The first-order valence-electron chi connectivity index (χ1n) is 6.81. The van der Waals surface area contributed by atoms with Gasteiger partial charge in [-0.25, -0.2) is 0 Å². The second-order valence-corrected chi connectivity index (χ2v) is 6.73. The van der Waals surface area contributed by atoms with Crippen molar-refractivity contribution < 1.29 is 4.79 Å². The number of hydrogen-bond acceptors (Lipinski definition) is 6. The molecule has 0 fully saturated rings. The number of benzene rings is 1. The third kappa shape index (κ3) is 5.16. The third-order valence-electron chi connectivity index (χ3n) is 2.87. The number of carbonyl (C=O) groups is 1. The van der Waals surface area contributed by atoms with Crippen LogP contribution >= 0.6 is 23.1 Å². The van der Waals surface area contributed by atoms with Crippen molar-refractivity contribution in [2.45, 2.75) is 17.8 Å². The minimum Gasteiger partial charge on any atom is -0.357 e. The Kier molecular flexibility index (Phi) is 6.42. The van der Waals surface area contributed by atoms with Gasteiger partial charge in [0.2, 0.25) is 11.0 Å². The lowest BCUT2D eigenvalue weighted by Gasteiger charge is -2.07. The molecule has 0 unspecified atom stereocenters. The normalized spacial score (nSPS) is 10.2. The molecule has 0 spiro atoms.